The molecule has 0 fully saturated rings. The fraction of sp³-hybridized carbons (Fsp3) is 0.887. The van der Waals surface area contributed by atoms with Crippen LogP contribution in [0, 0.1) is 0 Å². The van der Waals surface area contributed by atoms with E-state index in [9.17, 15) is 19.0 Å². The first kappa shape index (κ1) is 79.2. The van der Waals surface area contributed by atoms with Gasteiger partial charge in [0.15, 0.2) is 0 Å². The topological polar surface area (TPSA) is 111 Å². The average Bonchev–Trinajstić information content (AvgIpc) is 3.44. The predicted octanol–water partition coefficient (Wildman–Crippen LogP) is 22.2. The fourth-order valence-corrected chi connectivity index (χ4v) is 11.3. The Balaban J connectivity index is 5.02. The maximum atomic E-state index is 13.6. The number of hydrogen-bond acceptors (Lipinski definition) is 6. The monoisotopic (exact) mass is 1160 g/mol. The Kier molecular flexibility index (Phi) is 60.0. The van der Waals surface area contributed by atoms with E-state index in [0.29, 0.717) is 23.9 Å². The Morgan fingerprint density at radius 3 is 1.05 bits per heavy atom. The van der Waals surface area contributed by atoms with Crippen molar-refractivity contribution in [3.8, 4) is 0 Å². The number of allylic oxidation sites excluding steroid dienone is 5. The molecule has 0 aliphatic heterocycles. The molecule has 0 aromatic carbocycles. The Morgan fingerprint density at radius 1 is 0.420 bits per heavy atom. The van der Waals surface area contributed by atoms with Gasteiger partial charge in [-0.1, -0.05) is 295 Å². The lowest BCUT2D eigenvalue weighted by molar-refractivity contribution is -0.870. The van der Waals surface area contributed by atoms with Gasteiger partial charge in [0.1, 0.15) is 19.3 Å². The highest BCUT2D eigenvalue weighted by molar-refractivity contribution is 7.47. The van der Waals surface area contributed by atoms with E-state index < -0.39 is 20.0 Å². The quantitative estimate of drug-likeness (QED) is 0.0205. The van der Waals surface area contributed by atoms with Crippen LogP contribution in [0.4, 0.5) is 0 Å². The molecule has 478 valence electrons. The summed E-state index contributed by atoms with van der Waals surface area (Å²) in [4.78, 5) is 37.9. The molecule has 0 bridgehead atoms. The second-order valence-corrected chi connectivity index (χ2v) is 26.9. The van der Waals surface area contributed by atoms with E-state index in [1.54, 1.807) is 0 Å². The Labute approximate surface area is 504 Å². The number of phosphoric acid groups is 1. The lowest BCUT2D eigenvalue weighted by Crippen LogP contribution is -2.47. The minimum absolute atomic E-state index is 0.0425. The lowest BCUT2D eigenvalue weighted by Gasteiger charge is -2.27. The minimum atomic E-state index is -4.45. The first-order chi connectivity index (χ1) is 39.4. The van der Waals surface area contributed by atoms with Gasteiger partial charge in [0, 0.05) is 12.8 Å². The highest BCUT2D eigenvalue weighted by atomic mass is 31.2. The number of unbranched alkanes of at least 4 members (excludes halogenated alkanes) is 45. The van der Waals surface area contributed by atoms with Crippen LogP contribution in [0.1, 0.15) is 355 Å². The molecule has 81 heavy (non-hydrogen) atoms. The van der Waals surface area contributed by atoms with Gasteiger partial charge in [-0.15, -0.1) is 0 Å². The number of quaternary nitrogens is 1. The Bertz CT molecular complexity index is 1480. The van der Waals surface area contributed by atoms with Crippen LogP contribution in [0.3, 0.4) is 0 Å². The van der Waals surface area contributed by atoms with Crippen LogP contribution in [0.15, 0.2) is 36.5 Å². The molecular weight excluding hydrogens is 1020 g/mol. The summed E-state index contributed by atoms with van der Waals surface area (Å²) >= 11 is 0. The van der Waals surface area contributed by atoms with Crippen LogP contribution in [0.25, 0.3) is 0 Å². The van der Waals surface area contributed by atoms with Gasteiger partial charge in [-0.2, -0.15) is 0 Å². The fourth-order valence-electron chi connectivity index (χ4n) is 10.6. The van der Waals surface area contributed by atoms with Crippen LogP contribution < -0.4 is 5.32 Å². The van der Waals surface area contributed by atoms with Gasteiger partial charge in [-0.25, -0.2) is 4.57 Å². The summed E-state index contributed by atoms with van der Waals surface area (Å²) in [5, 5.41) is 3.07. The summed E-state index contributed by atoms with van der Waals surface area (Å²) in [6.07, 6.45) is 75.8. The van der Waals surface area contributed by atoms with Gasteiger partial charge >= 0.3 is 13.8 Å². The molecule has 3 atom stereocenters. The van der Waals surface area contributed by atoms with Crippen LogP contribution in [0.2, 0.25) is 0 Å². The van der Waals surface area contributed by atoms with E-state index in [4.69, 9.17) is 13.8 Å². The number of hydrogen-bond donors (Lipinski definition) is 2. The van der Waals surface area contributed by atoms with Gasteiger partial charge in [-0.3, -0.25) is 18.6 Å². The first-order valence-electron chi connectivity index (χ1n) is 35.3. The van der Waals surface area contributed by atoms with Gasteiger partial charge in [0.25, 0.3) is 0 Å². The second-order valence-electron chi connectivity index (χ2n) is 25.4. The zero-order valence-corrected chi connectivity index (χ0v) is 55.7. The summed E-state index contributed by atoms with van der Waals surface area (Å²) in [6.45, 7) is 7.05. The van der Waals surface area contributed by atoms with Crippen molar-refractivity contribution in [1.82, 2.24) is 5.32 Å². The molecule has 2 N–H and O–H groups in total. The number of ether oxygens (including phenoxy) is 1. The number of nitrogens with one attached hydrogen (secondary N) is 1. The van der Waals surface area contributed by atoms with E-state index in [2.05, 4.69) is 50.4 Å². The number of nitrogens with zero attached hydrogens (tertiary/aromatic N) is 1. The SMILES string of the molecule is CCCCCCCC/C=C/CCCCCCCCCCCCCCCC(=O)OC(/C=C/CCCCCCCCCCC)C(COP(=O)(O)OCC[N+](C)(C)C)NC(=O)CCCCCCCCCCCCC/C=C/CCCCCCCC. The molecule has 0 rings (SSSR count). The van der Waals surface area contributed by atoms with Crippen molar-refractivity contribution < 1.29 is 37.3 Å². The molecule has 0 spiro atoms. The Hall–Kier alpha value is -1.77. The van der Waals surface area contributed by atoms with E-state index >= 15 is 0 Å². The van der Waals surface area contributed by atoms with Crippen molar-refractivity contribution in [3.05, 3.63) is 36.5 Å². The third-order valence-corrected chi connectivity index (χ3v) is 17.0. The van der Waals surface area contributed by atoms with Gasteiger partial charge in [0.2, 0.25) is 5.91 Å². The number of phosphoric ester groups is 1. The molecule has 0 aromatic heterocycles. The van der Waals surface area contributed by atoms with Crippen LogP contribution in [-0.4, -0.2) is 74.3 Å². The van der Waals surface area contributed by atoms with Crippen molar-refractivity contribution in [3.63, 3.8) is 0 Å². The number of amides is 1. The van der Waals surface area contributed by atoms with E-state index in [-0.39, 0.29) is 25.1 Å². The molecular formula is C71H138N2O7P+. The summed E-state index contributed by atoms with van der Waals surface area (Å²) < 4.78 is 30.8. The van der Waals surface area contributed by atoms with Crippen molar-refractivity contribution in [2.75, 3.05) is 40.9 Å². The van der Waals surface area contributed by atoms with Gasteiger partial charge < -0.3 is 19.4 Å². The van der Waals surface area contributed by atoms with E-state index in [0.717, 1.165) is 57.8 Å². The van der Waals surface area contributed by atoms with Crippen molar-refractivity contribution in [2.24, 2.45) is 0 Å². The first-order valence-corrected chi connectivity index (χ1v) is 36.8. The molecule has 3 unspecified atom stereocenters. The highest BCUT2D eigenvalue weighted by Crippen LogP contribution is 2.43. The zero-order chi connectivity index (χ0) is 59.3. The van der Waals surface area contributed by atoms with Crippen molar-refractivity contribution in [2.45, 2.75) is 367 Å². The average molecular weight is 1160 g/mol. The highest BCUT2D eigenvalue weighted by Gasteiger charge is 2.30. The maximum absolute atomic E-state index is 13.6. The molecule has 0 heterocycles. The summed E-state index contributed by atoms with van der Waals surface area (Å²) in [7, 11) is 1.51. The second kappa shape index (κ2) is 61.3. The maximum Gasteiger partial charge on any atom is 0.472 e. The number of likely N-dealkylation sites (N-methyl/N-ethyl adjacent to an activating group) is 1. The van der Waals surface area contributed by atoms with Crippen LogP contribution in [0.5, 0.6) is 0 Å². The third kappa shape index (κ3) is 62.6. The summed E-state index contributed by atoms with van der Waals surface area (Å²) in [5.41, 5.74) is 0. The van der Waals surface area contributed by atoms with Crippen LogP contribution >= 0.6 is 7.82 Å². The largest absolute Gasteiger partial charge is 0.472 e. The smallest absolute Gasteiger partial charge is 0.456 e. The standard InChI is InChI=1S/C71H137N2O7P/c1-7-10-13-16-19-22-25-27-29-31-33-35-36-38-40-42-44-46-49-52-55-58-61-64-71(75)80-69(62-59-56-53-50-47-24-21-18-15-12-9-3)68(67-79-81(76,77)78-66-65-73(4,5)6)72-70(74)63-60-57-54-51-48-45-43-41-39-37-34-32-30-28-26-23-20-17-14-11-8-2/h27-30,59,62,68-69H,7-26,31-58,60-61,63-67H2,1-6H3,(H-,72,74,76,77)/p+1/b29-27+,30-28+,62-59+. The van der Waals surface area contributed by atoms with Gasteiger partial charge in [-0.05, 0) is 83.1 Å². The number of carbonyl (C=O) groups is 2. The molecule has 0 aromatic rings. The van der Waals surface area contributed by atoms with Crippen molar-refractivity contribution in [1.29, 1.82) is 0 Å². The predicted molar refractivity (Wildman–Crippen MR) is 351 cm³/mol. The molecule has 0 radical (unpaired) electrons. The molecule has 0 saturated carbocycles. The van der Waals surface area contributed by atoms with E-state index in [1.807, 2.05) is 33.3 Å². The Morgan fingerprint density at radius 2 is 0.716 bits per heavy atom. The molecule has 0 aliphatic carbocycles. The third-order valence-electron chi connectivity index (χ3n) is 16.1. The molecule has 0 aliphatic rings. The zero-order valence-electron chi connectivity index (χ0n) is 54.8. The molecule has 1 amide bonds. The normalized spacial score (nSPS) is 13.7. The summed E-state index contributed by atoms with van der Waals surface area (Å²) in [6, 6.07) is -0.846. The van der Waals surface area contributed by atoms with Crippen molar-refractivity contribution >= 4 is 19.7 Å². The van der Waals surface area contributed by atoms with E-state index in [1.165, 1.54) is 263 Å². The lowest BCUT2D eigenvalue weighted by atomic mass is 10.0. The summed E-state index contributed by atoms with van der Waals surface area (Å²) in [5.74, 6) is -0.489. The number of esters is 1. The number of carbonyl (C=O) groups excluding carboxylic acids is 2. The molecule has 9 nitrogen and oxygen atoms in total. The molecule has 0 saturated heterocycles. The van der Waals surface area contributed by atoms with Gasteiger partial charge in [0.05, 0.1) is 33.8 Å². The van der Waals surface area contributed by atoms with Crippen LogP contribution in [-0.2, 0) is 27.9 Å². The number of rotatable bonds is 65. The molecule has 10 heteroatoms. The minimum Gasteiger partial charge on any atom is -0.456 e.